The maximum Gasteiger partial charge on any atom is 0.162 e. The van der Waals surface area contributed by atoms with Crippen LogP contribution in [0.15, 0.2) is 12.1 Å². The van der Waals surface area contributed by atoms with E-state index >= 15 is 0 Å². The lowest BCUT2D eigenvalue weighted by Gasteiger charge is -2.36. The Bertz CT molecular complexity index is 687. The summed E-state index contributed by atoms with van der Waals surface area (Å²) < 4.78 is 28.1. The lowest BCUT2D eigenvalue weighted by molar-refractivity contribution is 0.166. The number of aryl methyl sites for hydroxylation is 1. The van der Waals surface area contributed by atoms with Crippen molar-refractivity contribution in [1.82, 2.24) is 0 Å². The zero-order valence-electron chi connectivity index (χ0n) is 20.0. The highest BCUT2D eigenvalue weighted by atomic mass is 19.2. The van der Waals surface area contributed by atoms with Gasteiger partial charge in [0, 0.05) is 0 Å². The van der Waals surface area contributed by atoms with Crippen LogP contribution in [0.3, 0.4) is 0 Å². The summed E-state index contributed by atoms with van der Waals surface area (Å²) in [6.45, 7) is 4.06. The molecule has 3 aliphatic rings. The van der Waals surface area contributed by atoms with E-state index < -0.39 is 11.6 Å². The topological polar surface area (TPSA) is 0 Å². The van der Waals surface area contributed by atoms with Crippen LogP contribution in [-0.4, -0.2) is 0 Å². The van der Waals surface area contributed by atoms with E-state index in [1.165, 1.54) is 89.9 Å². The van der Waals surface area contributed by atoms with Gasteiger partial charge in [-0.25, -0.2) is 8.78 Å². The molecular formula is C32H56F2. The average molecular weight is 479 g/mol. The molecule has 198 valence electrons. The Morgan fingerprint density at radius 1 is 0.588 bits per heavy atom. The van der Waals surface area contributed by atoms with Crippen LogP contribution >= 0.6 is 0 Å². The highest BCUT2D eigenvalue weighted by Gasteiger charge is 2.29. The predicted octanol–water partition coefficient (Wildman–Crippen LogP) is 10.9. The Morgan fingerprint density at radius 3 is 1.41 bits per heavy atom. The fraction of sp³-hybridized carbons (Fsp3) is 0.812. The van der Waals surface area contributed by atoms with E-state index in [1.807, 2.05) is 0 Å². The van der Waals surface area contributed by atoms with E-state index in [0.29, 0.717) is 23.5 Å². The zero-order chi connectivity index (χ0) is 21.8. The maximum absolute atomic E-state index is 14.2. The summed E-state index contributed by atoms with van der Waals surface area (Å²) in [5.74, 6) is 4.10. The molecule has 0 bridgehead atoms. The number of benzene rings is 1. The lowest BCUT2D eigenvalue weighted by atomic mass is 9.70. The molecule has 1 aromatic carbocycles. The van der Waals surface area contributed by atoms with Crippen molar-refractivity contribution in [3.63, 3.8) is 0 Å². The first-order chi connectivity index (χ1) is 15.0. The quantitative estimate of drug-likeness (QED) is 0.381. The van der Waals surface area contributed by atoms with Crippen LogP contribution in [0.1, 0.15) is 130 Å². The molecule has 0 nitrogen and oxygen atoms in total. The minimum atomic E-state index is -0.653. The smallest absolute Gasteiger partial charge is 0.162 e. The number of hydrogen-bond acceptors (Lipinski definition) is 0. The number of hydrogen-bond donors (Lipinski definition) is 0. The molecule has 0 N–H and O–H groups in total. The van der Waals surface area contributed by atoms with Gasteiger partial charge in [-0.3, -0.25) is 0 Å². The highest BCUT2D eigenvalue weighted by molar-refractivity contribution is 5.25. The van der Waals surface area contributed by atoms with Crippen molar-refractivity contribution in [2.75, 3.05) is 0 Å². The van der Waals surface area contributed by atoms with E-state index in [-0.39, 0.29) is 22.3 Å². The van der Waals surface area contributed by atoms with Gasteiger partial charge in [-0.1, -0.05) is 106 Å². The van der Waals surface area contributed by atoms with Gasteiger partial charge in [0.15, 0.2) is 11.6 Å². The molecule has 4 rings (SSSR count). The zero-order valence-corrected chi connectivity index (χ0v) is 20.0. The third kappa shape index (κ3) is 8.34. The maximum atomic E-state index is 14.2. The van der Waals surface area contributed by atoms with Gasteiger partial charge in [0.2, 0.25) is 0 Å². The summed E-state index contributed by atoms with van der Waals surface area (Å²) in [4.78, 5) is 0. The molecule has 0 amide bonds. The van der Waals surface area contributed by atoms with E-state index in [2.05, 4.69) is 6.92 Å². The van der Waals surface area contributed by atoms with Gasteiger partial charge >= 0.3 is 0 Å². The molecule has 0 aliphatic heterocycles. The summed E-state index contributed by atoms with van der Waals surface area (Å²) in [5, 5.41) is 0. The van der Waals surface area contributed by atoms with E-state index in [9.17, 15) is 8.78 Å². The Hall–Kier alpha value is -0.920. The summed E-state index contributed by atoms with van der Waals surface area (Å²) >= 11 is 0. The van der Waals surface area contributed by atoms with Crippen molar-refractivity contribution < 1.29 is 8.78 Å². The molecule has 3 aliphatic carbocycles. The second-order valence-corrected chi connectivity index (χ2v) is 11.7. The van der Waals surface area contributed by atoms with Gasteiger partial charge in [-0.05, 0) is 85.7 Å². The molecule has 34 heavy (non-hydrogen) atoms. The number of halogens is 2. The largest absolute Gasteiger partial charge is 0.203 e. The number of rotatable bonds is 6. The van der Waals surface area contributed by atoms with Crippen molar-refractivity contribution in [3.8, 4) is 0 Å². The van der Waals surface area contributed by atoms with Crippen LogP contribution in [0, 0.1) is 54.1 Å². The fourth-order valence-corrected chi connectivity index (χ4v) is 7.04. The van der Waals surface area contributed by atoms with E-state index in [1.54, 1.807) is 19.1 Å². The van der Waals surface area contributed by atoms with Crippen LogP contribution in [0.25, 0.3) is 0 Å². The van der Waals surface area contributed by atoms with E-state index in [4.69, 9.17) is 0 Å². The molecule has 0 atom stereocenters. The van der Waals surface area contributed by atoms with Crippen molar-refractivity contribution in [2.24, 2.45) is 35.5 Å². The summed E-state index contributed by atoms with van der Waals surface area (Å²) in [5.41, 5.74) is 0.991. The molecule has 3 saturated carbocycles. The van der Waals surface area contributed by atoms with Crippen LogP contribution in [-0.2, 0) is 6.42 Å². The fourth-order valence-electron chi connectivity index (χ4n) is 7.04. The van der Waals surface area contributed by atoms with Crippen LogP contribution in [0.4, 0.5) is 8.78 Å². The SMILES string of the molecule is C.C.C.Cc1ccc(CC2CCC(CC3CCC(CC4CCC(C)CC4)CC3)CC2)c(F)c1F. The Labute approximate surface area is 211 Å². The molecule has 2 heteroatoms. The second-order valence-electron chi connectivity index (χ2n) is 11.7. The van der Waals surface area contributed by atoms with Gasteiger partial charge < -0.3 is 0 Å². The molecule has 3 fully saturated rings. The van der Waals surface area contributed by atoms with Crippen molar-refractivity contribution in [1.29, 1.82) is 0 Å². The lowest BCUT2D eigenvalue weighted by Crippen LogP contribution is -2.23. The summed E-state index contributed by atoms with van der Waals surface area (Å²) in [6, 6.07) is 3.52. The minimum absolute atomic E-state index is 0. The molecule has 0 unspecified atom stereocenters. The summed E-state index contributed by atoms with van der Waals surface area (Å²) in [6.07, 6.45) is 20.4. The average Bonchev–Trinajstić information content (AvgIpc) is 2.78. The first-order valence-corrected chi connectivity index (χ1v) is 13.4. The molecule has 0 heterocycles. The molecule has 0 aromatic heterocycles. The van der Waals surface area contributed by atoms with Gasteiger partial charge in [0.25, 0.3) is 0 Å². The first-order valence-electron chi connectivity index (χ1n) is 13.4. The Balaban J connectivity index is 0.00000193. The van der Waals surface area contributed by atoms with Crippen molar-refractivity contribution in [3.05, 3.63) is 34.9 Å². The predicted molar refractivity (Wildman–Crippen MR) is 146 cm³/mol. The van der Waals surface area contributed by atoms with Crippen molar-refractivity contribution >= 4 is 0 Å². The molecule has 1 aromatic rings. The second kappa shape index (κ2) is 14.6. The first kappa shape index (κ1) is 31.1. The Morgan fingerprint density at radius 2 is 0.971 bits per heavy atom. The van der Waals surface area contributed by atoms with Crippen LogP contribution < -0.4 is 0 Å². The van der Waals surface area contributed by atoms with Crippen LogP contribution in [0.2, 0.25) is 0 Å². The highest BCUT2D eigenvalue weighted by Crippen LogP contribution is 2.42. The standard InChI is InChI=1S/C29H44F2.3CH4/c1-20-3-6-22(7-4-20)17-23-8-10-24(11-9-23)18-25-12-14-26(15-13-25)19-27-16-5-21(2)28(30)29(27)31;;;/h5,16,20,22-26H,3-4,6-15,17-19H2,1-2H3;3*1H4. The monoisotopic (exact) mass is 478 g/mol. The van der Waals surface area contributed by atoms with Gasteiger partial charge in [0.05, 0.1) is 0 Å². The third-order valence-electron chi connectivity index (χ3n) is 9.27. The van der Waals surface area contributed by atoms with Gasteiger partial charge in [0.1, 0.15) is 0 Å². The minimum Gasteiger partial charge on any atom is -0.203 e. The van der Waals surface area contributed by atoms with Gasteiger partial charge in [-0.15, -0.1) is 0 Å². The van der Waals surface area contributed by atoms with Crippen LogP contribution in [0.5, 0.6) is 0 Å². The molecule has 0 spiro atoms. The third-order valence-corrected chi connectivity index (χ3v) is 9.27. The Kier molecular flexibility index (Phi) is 13.4. The van der Waals surface area contributed by atoms with E-state index in [0.717, 1.165) is 29.6 Å². The molecule has 0 radical (unpaired) electrons. The van der Waals surface area contributed by atoms with Crippen molar-refractivity contribution in [2.45, 2.75) is 132 Å². The molecular weight excluding hydrogens is 422 g/mol. The molecule has 0 saturated heterocycles. The van der Waals surface area contributed by atoms with Gasteiger partial charge in [-0.2, -0.15) is 0 Å². The summed E-state index contributed by atoms with van der Waals surface area (Å²) in [7, 11) is 0. The normalized spacial score (nSPS) is 31.5.